The Hall–Kier alpha value is -1.39. The van der Waals surface area contributed by atoms with Crippen LogP contribution < -0.4 is 0 Å². The summed E-state index contributed by atoms with van der Waals surface area (Å²) in [6, 6.07) is 0. The van der Waals surface area contributed by atoms with Gasteiger partial charge in [0, 0.05) is 12.5 Å². The fourth-order valence-electron chi connectivity index (χ4n) is 1.62. The quantitative estimate of drug-likeness (QED) is 0.777. The second-order valence-electron chi connectivity index (χ2n) is 3.54. The Labute approximate surface area is 89.1 Å². The van der Waals surface area contributed by atoms with Crippen LogP contribution in [-0.2, 0) is 11.3 Å². The van der Waals surface area contributed by atoms with Crippen molar-refractivity contribution in [3.05, 3.63) is 12.2 Å². The molecule has 15 heavy (non-hydrogen) atoms. The van der Waals surface area contributed by atoms with Crippen molar-refractivity contribution >= 4 is 5.97 Å². The SMILES string of the molecule is CCC(CC)c1nncn1CCC(=O)O. The normalized spacial score (nSPS) is 10.9. The molecule has 0 aromatic carbocycles. The highest BCUT2D eigenvalue weighted by Gasteiger charge is 2.14. The maximum atomic E-state index is 10.5. The molecule has 0 saturated carbocycles. The molecule has 5 heteroatoms. The average molecular weight is 211 g/mol. The Morgan fingerprint density at radius 1 is 1.53 bits per heavy atom. The van der Waals surface area contributed by atoms with Gasteiger partial charge >= 0.3 is 5.97 Å². The monoisotopic (exact) mass is 211 g/mol. The number of hydrogen-bond acceptors (Lipinski definition) is 3. The fraction of sp³-hybridized carbons (Fsp3) is 0.700. The summed E-state index contributed by atoms with van der Waals surface area (Å²) in [5.74, 6) is 0.488. The molecule has 0 saturated heterocycles. The Morgan fingerprint density at radius 2 is 2.20 bits per heavy atom. The first-order valence-corrected chi connectivity index (χ1v) is 5.28. The van der Waals surface area contributed by atoms with Gasteiger partial charge in [0.1, 0.15) is 12.2 Å². The molecular formula is C10H17N3O2. The van der Waals surface area contributed by atoms with E-state index in [1.54, 1.807) is 6.33 Å². The smallest absolute Gasteiger partial charge is 0.305 e. The van der Waals surface area contributed by atoms with E-state index in [0.717, 1.165) is 18.7 Å². The number of hydrogen-bond donors (Lipinski definition) is 1. The van der Waals surface area contributed by atoms with Gasteiger partial charge in [0.25, 0.3) is 0 Å². The standard InChI is InChI=1S/C10H17N3O2/c1-3-8(4-2)10-12-11-7-13(10)6-5-9(14)15/h7-8H,3-6H2,1-2H3,(H,14,15). The first-order valence-electron chi connectivity index (χ1n) is 5.28. The molecule has 84 valence electrons. The first kappa shape index (κ1) is 11.7. The van der Waals surface area contributed by atoms with E-state index in [2.05, 4.69) is 24.0 Å². The Bertz CT molecular complexity index is 318. The zero-order chi connectivity index (χ0) is 11.3. The van der Waals surface area contributed by atoms with Crippen LogP contribution in [-0.4, -0.2) is 25.8 Å². The molecular weight excluding hydrogens is 194 g/mol. The van der Waals surface area contributed by atoms with E-state index in [9.17, 15) is 4.79 Å². The zero-order valence-corrected chi connectivity index (χ0v) is 9.18. The van der Waals surface area contributed by atoms with Crippen LogP contribution in [0.1, 0.15) is 44.9 Å². The van der Waals surface area contributed by atoms with Crippen molar-refractivity contribution < 1.29 is 9.90 Å². The van der Waals surface area contributed by atoms with Crippen molar-refractivity contribution in [2.75, 3.05) is 0 Å². The number of nitrogens with zero attached hydrogens (tertiary/aromatic N) is 3. The van der Waals surface area contributed by atoms with Gasteiger partial charge in [-0.1, -0.05) is 13.8 Å². The summed E-state index contributed by atoms with van der Waals surface area (Å²) in [7, 11) is 0. The molecule has 0 amide bonds. The molecule has 0 bridgehead atoms. The maximum Gasteiger partial charge on any atom is 0.305 e. The van der Waals surface area contributed by atoms with Gasteiger partial charge in [-0.15, -0.1) is 10.2 Å². The van der Waals surface area contributed by atoms with Crippen LogP contribution in [0.5, 0.6) is 0 Å². The largest absolute Gasteiger partial charge is 0.481 e. The van der Waals surface area contributed by atoms with Crippen molar-refractivity contribution in [1.82, 2.24) is 14.8 Å². The molecule has 1 N–H and O–H groups in total. The highest BCUT2D eigenvalue weighted by atomic mass is 16.4. The van der Waals surface area contributed by atoms with Crippen molar-refractivity contribution in [3.63, 3.8) is 0 Å². The predicted octanol–water partition coefficient (Wildman–Crippen LogP) is 1.66. The molecule has 0 fully saturated rings. The number of aromatic nitrogens is 3. The molecule has 0 spiro atoms. The van der Waals surface area contributed by atoms with Gasteiger partial charge in [-0.3, -0.25) is 4.79 Å². The molecule has 0 atom stereocenters. The van der Waals surface area contributed by atoms with Gasteiger partial charge in [-0.25, -0.2) is 0 Å². The third-order valence-electron chi connectivity index (χ3n) is 2.56. The van der Waals surface area contributed by atoms with E-state index in [-0.39, 0.29) is 6.42 Å². The van der Waals surface area contributed by atoms with E-state index in [1.807, 2.05) is 4.57 Å². The number of aryl methyl sites for hydroxylation is 1. The minimum absolute atomic E-state index is 0.116. The minimum atomic E-state index is -0.792. The Kier molecular flexibility index (Phi) is 4.27. The topological polar surface area (TPSA) is 68.0 Å². The minimum Gasteiger partial charge on any atom is -0.481 e. The number of rotatable bonds is 6. The van der Waals surface area contributed by atoms with Crippen LogP contribution in [0.25, 0.3) is 0 Å². The Morgan fingerprint density at radius 3 is 2.73 bits per heavy atom. The van der Waals surface area contributed by atoms with Crippen LogP contribution in [0.3, 0.4) is 0 Å². The molecule has 0 aliphatic carbocycles. The molecule has 5 nitrogen and oxygen atoms in total. The third kappa shape index (κ3) is 3.04. The second kappa shape index (κ2) is 5.48. The average Bonchev–Trinajstić information content (AvgIpc) is 2.65. The van der Waals surface area contributed by atoms with Crippen LogP contribution in [0.15, 0.2) is 6.33 Å². The van der Waals surface area contributed by atoms with Crippen molar-refractivity contribution in [1.29, 1.82) is 0 Å². The molecule has 0 aliphatic heterocycles. The number of carbonyl (C=O) groups is 1. The van der Waals surface area contributed by atoms with Crippen LogP contribution in [0.4, 0.5) is 0 Å². The molecule has 1 heterocycles. The lowest BCUT2D eigenvalue weighted by Gasteiger charge is -2.12. The van der Waals surface area contributed by atoms with Gasteiger partial charge in [0.2, 0.25) is 0 Å². The van der Waals surface area contributed by atoms with Crippen LogP contribution in [0, 0.1) is 0 Å². The van der Waals surface area contributed by atoms with E-state index in [1.165, 1.54) is 0 Å². The summed E-state index contributed by atoms with van der Waals surface area (Å²) in [6.07, 6.45) is 3.73. The summed E-state index contributed by atoms with van der Waals surface area (Å²) in [4.78, 5) is 10.5. The third-order valence-corrected chi connectivity index (χ3v) is 2.56. The lowest BCUT2D eigenvalue weighted by Crippen LogP contribution is -2.10. The summed E-state index contributed by atoms with van der Waals surface area (Å²) < 4.78 is 1.84. The van der Waals surface area contributed by atoms with E-state index < -0.39 is 5.97 Å². The second-order valence-corrected chi connectivity index (χ2v) is 3.54. The maximum absolute atomic E-state index is 10.5. The lowest BCUT2D eigenvalue weighted by atomic mass is 10.0. The van der Waals surface area contributed by atoms with E-state index in [0.29, 0.717) is 12.5 Å². The van der Waals surface area contributed by atoms with Crippen molar-refractivity contribution in [2.45, 2.75) is 45.6 Å². The summed E-state index contributed by atoms with van der Waals surface area (Å²) >= 11 is 0. The first-order chi connectivity index (χ1) is 7.19. The summed E-state index contributed by atoms with van der Waals surface area (Å²) in [6.45, 7) is 4.66. The molecule has 1 aromatic heterocycles. The molecule has 1 aromatic rings. The van der Waals surface area contributed by atoms with Gasteiger partial charge in [-0.2, -0.15) is 0 Å². The zero-order valence-electron chi connectivity index (χ0n) is 9.18. The van der Waals surface area contributed by atoms with Crippen molar-refractivity contribution in [2.24, 2.45) is 0 Å². The van der Waals surface area contributed by atoms with Gasteiger partial charge in [0.05, 0.1) is 6.42 Å². The molecule has 0 aliphatic rings. The number of aliphatic carboxylic acids is 1. The van der Waals surface area contributed by atoms with Crippen molar-refractivity contribution in [3.8, 4) is 0 Å². The molecule has 0 radical (unpaired) electrons. The lowest BCUT2D eigenvalue weighted by molar-refractivity contribution is -0.137. The van der Waals surface area contributed by atoms with Gasteiger partial charge < -0.3 is 9.67 Å². The van der Waals surface area contributed by atoms with Crippen LogP contribution in [0.2, 0.25) is 0 Å². The molecule has 1 rings (SSSR count). The van der Waals surface area contributed by atoms with Gasteiger partial charge in [0.15, 0.2) is 0 Å². The number of carboxylic acids is 1. The summed E-state index contributed by atoms with van der Waals surface area (Å²) in [5, 5.41) is 16.5. The molecule has 0 unspecified atom stereocenters. The Balaban J connectivity index is 2.71. The highest BCUT2D eigenvalue weighted by molar-refractivity contribution is 5.66. The highest BCUT2D eigenvalue weighted by Crippen LogP contribution is 2.20. The fourth-order valence-corrected chi connectivity index (χ4v) is 1.62. The van der Waals surface area contributed by atoms with E-state index >= 15 is 0 Å². The van der Waals surface area contributed by atoms with Gasteiger partial charge in [-0.05, 0) is 12.8 Å². The number of carboxylic acid groups (broad SMARTS) is 1. The van der Waals surface area contributed by atoms with E-state index in [4.69, 9.17) is 5.11 Å². The van der Waals surface area contributed by atoms with Crippen LogP contribution >= 0.6 is 0 Å². The summed E-state index contributed by atoms with van der Waals surface area (Å²) in [5.41, 5.74) is 0. The predicted molar refractivity (Wildman–Crippen MR) is 55.6 cm³/mol.